The zero-order valence-corrected chi connectivity index (χ0v) is 15.7. The maximum Gasteiger partial charge on any atom is 0.332 e. The van der Waals surface area contributed by atoms with Gasteiger partial charge < -0.3 is 10.3 Å². The van der Waals surface area contributed by atoms with E-state index in [1.165, 1.54) is 11.6 Å². The highest BCUT2D eigenvalue weighted by Crippen LogP contribution is 2.23. The molecule has 0 bridgehead atoms. The van der Waals surface area contributed by atoms with Gasteiger partial charge in [0.05, 0.1) is 12.3 Å². The Balaban J connectivity index is 2.23. The second kappa shape index (κ2) is 7.00. The Hall–Kier alpha value is -2.52. The van der Waals surface area contributed by atoms with E-state index in [1.807, 2.05) is 12.1 Å². The Morgan fingerprint density at radius 1 is 1.19 bits per heavy atom. The van der Waals surface area contributed by atoms with Crippen molar-refractivity contribution in [3.05, 3.63) is 55.7 Å². The van der Waals surface area contributed by atoms with Crippen LogP contribution in [0.1, 0.15) is 5.56 Å². The van der Waals surface area contributed by atoms with Gasteiger partial charge >= 0.3 is 5.69 Å². The highest BCUT2D eigenvalue weighted by atomic mass is 35.5. The minimum absolute atomic E-state index is 0.0121. The zero-order chi connectivity index (χ0) is 19.0. The van der Waals surface area contributed by atoms with Crippen LogP contribution in [-0.2, 0) is 25.4 Å². The predicted octanol–water partition coefficient (Wildman–Crippen LogP) is 0.713. The number of thioether (sulfide) groups is 1. The molecule has 0 saturated heterocycles. The molecular formula is C16H16ClN5O3S. The summed E-state index contributed by atoms with van der Waals surface area (Å²) in [5.74, 6) is -0.486. The first-order chi connectivity index (χ1) is 12.3. The second-order valence-electron chi connectivity index (χ2n) is 5.74. The van der Waals surface area contributed by atoms with E-state index in [-0.39, 0.29) is 16.9 Å². The minimum atomic E-state index is -0.498. The molecule has 3 rings (SSSR count). The number of benzene rings is 1. The van der Waals surface area contributed by atoms with Crippen LogP contribution in [0.5, 0.6) is 0 Å². The molecule has 3 aromatic rings. The Bertz CT molecular complexity index is 1110. The van der Waals surface area contributed by atoms with Crippen LogP contribution in [0.2, 0.25) is 5.02 Å². The van der Waals surface area contributed by atoms with E-state index < -0.39 is 17.2 Å². The van der Waals surface area contributed by atoms with Gasteiger partial charge in [-0.2, -0.15) is 0 Å². The fourth-order valence-electron chi connectivity index (χ4n) is 2.59. The number of hydrogen-bond acceptors (Lipinski definition) is 5. The molecule has 0 atom stereocenters. The maximum absolute atomic E-state index is 12.7. The van der Waals surface area contributed by atoms with Gasteiger partial charge in [-0.3, -0.25) is 18.7 Å². The molecule has 2 aromatic heterocycles. The van der Waals surface area contributed by atoms with E-state index in [4.69, 9.17) is 17.3 Å². The number of rotatable bonds is 5. The van der Waals surface area contributed by atoms with E-state index in [0.29, 0.717) is 16.7 Å². The lowest BCUT2D eigenvalue weighted by atomic mass is 10.2. The number of aromatic nitrogens is 4. The first-order valence-electron chi connectivity index (χ1n) is 7.61. The lowest BCUT2D eigenvalue weighted by Crippen LogP contribution is -2.37. The Kier molecular flexibility index (Phi) is 4.92. The predicted molar refractivity (Wildman–Crippen MR) is 101 cm³/mol. The molecule has 2 N–H and O–H groups in total. The number of aryl methyl sites for hydroxylation is 1. The normalized spacial score (nSPS) is 11.2. The first-order valence-corrected chi connectivity index (χ1v) is 8.97. The molecule has 1 aromatic carbocycles. The lowest BCUT2D eigenvalue weighted by Gasteiger charge is -2.09. The Labute approximate surface area is 157 Å². The third-order valence-corrected chi connectivity index (χ3v) is 5.16. The van der Waals surface area contributed by atoms with Crippen molar-refractivity contribution in [1.82, 2.24) is 18.7 Å². The highest BCUT2D eigenvalue weighted by Gasteiger charge is 2.20. The molecule has 0 saturated carbocycles. The van der Waals surface area contributed by atoms with Crippen molar-refractivity contribution >= 4 is 40.4 Å². The van der Waals surface area contributed by atoms with Gasteiger partial charge in [-0.25, -0.2) is 9.78 Å². The maximum atomic E-state index is 12.7. The monoisotopic (exact) mass is 393 g/mol. The van der Waals surface area contributed by atoms with Crippen LogP contribution in [-0.4, -0.2) is 30.3 Å². The second-order valence-corrected chi connectivity index (χ2v) is 7.12. The van der Waals surface area contributed by atoms with Crippen LogP contribution in [0.3, 0.4) is 0 Å². The topological polar surface area (TPSA) is 105 Å². The first kappa shape index (κ1) is 18.3. The van der Waals surface area contributed by atoms with Gasteiger partial charge in [-0.05, 0) is 17.7 Å². The summed E-state index contributed by atoms with van der Waals surface area (Å²) in [6, 6.07) is 7.17. The van der Waals surface area contributed by atoms with Crippen molar-refractivity contribution in [1.29, 1.82) is 0 Å². The molecule has 0 aliphatic carbocycles. The molecule has 0 radical (unpaired) electrons. The summed E-state index contributed by atoms with van der Waals surface area (Å²) in [6.07, 6.45) is 0. The summed E-state index contributed by atoms with van der Waals surface area (Å²) in [6.45, 7) is 0.336. The van der Waals surface area contributed by atoms with Crippen LogP contribution in [0, 0.1) is 0 Å². The summed E-state index contributed by atoms with van der Waals surface area (Å²) >= 11 is 7.04. The molecule has 0 spiro atoms. The van der Waals surface area contributed by atoms with E-state index in [1.54, 1.807) is 23.7 Å². The summed E-state index contributed by atoms with van der Waals surface area (Å²) in [4.78, 5) is 40.4. The average Bonchev–Trinajstić information content (AvgIpc) is 2.96. The SMILES string of the molecule is Cn1c(=O)c2c(nc(SCC(N)=O)n2Cc2ccc(Cl)cc2)n(C)c1=O. The van der Waals surface area contributed by atoms with Gasteiger partial charge in [0, 0.05) is 19.1 Å². The van der Waals surface area contributed by atoms with Gasteiger partial charge in [0.25, 0.3) is 5.56 Å². The lowest BCUT2D eigenvalue weighted by molar-refractivity contribution is -0.115. The minimum Gasteiger partial charge on any atom is -0.369 e. The van der Waals surface area contributed by atoms with Crippen molar-refractivity contribution in [3.8, 4) is 0 Å². The molecule has 1 amide bonds. The molecule has 10 heteroatoms. The number of nitrogens with zero attached hydrogens (tertiary/aromatic N) is 4. The average molecular weight is 394 g/mol. The summed E-state index contributed by atoms with van der Waals surface area (Å²) in [5.41, 5.74) is 5.76. The number of halogens is 1. The summed E-state index contributed by atoms with van der Waals surface area (Å²) in [5, 5.41) is 1.04. The molecule has 2 heterocycles. The van der Waals surface area contributed by atoms with E-state index >= 15 is 0 Å². The number of primary amides is 1. The quantitative estimate of drug-likeness (QED) is 0.643. The van der Waals surface area contributed by atoms with Gasteiger partial charge in [-0.1, -0.05) is 35.5 Å². The van der Waals surface area contributed by atoms with Gasteiger partial charge in [0.1, 0.15) is 0 Å². The van der Waals surface area contributed by atoms with Crippen molar-refractivity contribution in [2.75, 3.05) is 5.75 Å². The van der Waals surface area contributed by atoms with Crippen LogP contribution in [0.4, 0.5) is 0 Å². The fourth-order valence-corrected chi connectivity index (χ4v) is 3.45. The zero-order valence-electron chi connectivity index (χ0n) is 14.1. The summed E-state index contributed by atoms with van der Waals surface area (Å²) < 4.78 is 4.03. The van der Waals surface area contributed by atoms with Crippen LogP contribution in [0.25, 0.3) is 11.2 Å². The number of hydrogen-bond donors (Lipinski definition) is 1. The van der Waals surface area contributed by atoms with E-state index in [9.17, 15) is 14.4 Å². The van der Waals surface area contributed by atoms with Crippen molar-refractivity contribution in [2.24, 2.45) is 19.8 Å². The van der Waals surface area contributed by atoms with Crippen LogP contribution >= 0.6 is 23.4 Å². The number of imidazole rings is 1. The number of amides is 1. The van der Waals surface area contributed by atoms with Crippen LogP contribution in [0.15, 0.2) is 39.0 Å². The molecule has 26 heavy (non-hydrogen) atoms. The van der Waals surface area contributed by atoms with Crippen molar-refractivity contribution in [2.45, 2.75) is 11.7 Å². The fraction of sp³-hybridized carbons (Fsp3) is 0.250. The molecule has 136 valence electrons. The molecule has 0 fully saturated rings. The Morgan fingerprint density at radius 2 is 1.85 bits per heavy atom. The Morgan fingerprint density at radius 3 is 2.46 bits per heavy atom. The standard InChI is InChI=1S/C16H16ClN5O3S/c1-20-13-12(14(24)21(2)16(20)25)22(15(19-13)26-8-11(18)23)7-9-3-5-10(17)6-4-9/h3-6H,7-8H2,1-2H3,(H2,18,23). The van der Waals surface area contributed by atoms with E-state index in [2.05, 4.69) is 4.98 Å². The number of fused-ring (bicyclic) bond motifs is 1. The third kappa shape index (κ3) is 3.27. The summed E-state index contributed by atoms with van der Waals surface area (Å²) in [7, 11) is 2.96. The van der Waals surface area contributed by atoms with Gasteiger partial charge in [0.2, 0.25) is 5.91 Å². The molecular weight excluding hydrogens is 378 g/mol. The van der Waals surface area contributed by atoms with Gasteiger partial charge in [-0.15, -0.1) is 0 Å². The smallest absolute Gasteiger partial charge is 0.332 e. The number of nitrogens with two attached hydrogens (primary N) is 1. The van der Waals surface area contributed by atoms with Gasteiger partial charge in [0.15, 0.2) is 16.3 Å². The number of carbonyl (C=O) groups excluding carboxylic acids is 1. The molecule has 0 unspecified atom stereocenters. The largest absolute Gasteiger partial charge is 0.369 e. The molecule has 8 nitrogen and oxygen atoms in total. The third-order valence-electron chi connectivity index (χ3n) is 3.91. The number of carbonyl (C=O) groups is 1. The van der Waals surface area contributed by atoms with Crippen LogP contribution < -0.4 is 17.0 Å². The van der Waals surface area contributed by atoms with E-state index in [0.717, 1.165) is 21.9 Å². The molecule has 0 aliphatic heterocycles. The van der Waals surface area contributed by atoms with Crippen molar-refractivity contribution < 1.29 is 4.79 Å². The highest BCUT2D eigenvalue weighted by molar-refractivity contribution is 7.99. The van der Waals surface area contributed by atoms with Crippen molar-refractivity contribution in [3.63, 3.8) is 0 Å². The molecule has 0 aliphatic rings.